The third kappa shape index (κ3) is 6.46. The predicted molar refractivity (Wildman–Crippen MR) is 117 cm³/mol. The van der Waals surface area contributed by atoms with Crippen molar-refractivity contribution in [3.05, 3.63) is 82.9 Å². The summed E-state index contributed by atoms with van der Waals surface area (Å²) < 4.78 is 10.7. The van der Waals surface area contributed by atoms with Gasteiger partial charge in [-0.25, -0.2) is 0 Å². The van der Waals surface area contributed by atoms with Crippen LogP contribution < -0.4 is 9.47 Å². The van der Waals surface area contributed by atoms with E-state index in [0.29, 0.717) is 11.5 Å². The molecule has 4 heteroatoms. The number of rotatable bonds is 1. The minimum atomic E-state index is 0.322. The van der Waals surface area contributed by atoms with E-state index in [-0.39, 0.29) is 0 Å². The molecule has 1 aliphatic heterocycles. The minimum Gasteiger partial charge on any atom is -0.508 e. The van der Waals surface area contributed by atoms with Crippen molar-refractivity contribution in [1.82, 2.24) is 0 Å². The van der Waals surface area contributed by atoms with Gasteiger partial charge in [-0.3, -0.25) is 0 Å². The van der Waals surface area contributed by atoms with Crippen LogP contribution in [-0.4, -0.2) is 23.9 Å². The van der Waals surface area contributed by atoms with Gasteiger partial charge in [0, 0.05) is 5.56 Å². The lowest BCUT2D eigenvalue weighted by atomic mass is 10.0. The average Bonchev–Trinajstić information content (AvgIpc) is 2.73. The molecule has 0 fully saturated rings. The van der Waals surface area contributed by atoms with Crippen molar-refractivity contribution < 1.29 is 19.7 Å². The van der Waals surface area contributed by atoms with Gasteiger partial charge >= 0.3 is 0 Å². The summed E-state index contributed by atoms with van der Waals surface area (Å²) in [6, 6.07) is 18.5. The quantitative estimate of drug-likeness (QED) is 0.553. The van der Waals surface area contributed by atoms with Gasteiger partial charge in [0.2, 0.25) is 0 Å². The fraction of sp³-hybridized carbons (Fsp3) is 0.280. The zero-order valence-corrected chi connectivity index (χ0v) is 17.6. The molecule has 3 aromatic carbocycles. The van der Waals surface area contributed by atoms with E-state index in [2.05, 4.69) is 0 Å². The molecule has 154 valence electrons. The topological polar surface area (TPSA) is 58.9 Å². The molecule has 0 aliphatic carbocycles. The monoisotopic (exact) mass is 394 g/mol. The number of fused-ring (bicyclic) bond motifs is 1. The molecule has 1 heterocycles. The van der Waals surface area contributed by atoms with Gasteiger partial charge < -0.3 is 19.7 Å². The molecule has 4 rings (SSSR count). The number of methoxy groups -OCH3 is 1. The van der Waals surface area contributed by atoms with E-state index in [0.717, 1.165) is 36.5 Å². The lowest BCUT2D eigenvalue weighted by Gasteiger charge is -2.19. The van der Waals surface area contributed by atoms with Crippen LogP contribution >= 0.6 is 0 Å². The lowest BCUT2D eigenvalue weighted by Crippen LogP contribution is -2.09. The van der Waals surface area contributed by atoms with E-state index in [1.54, 1.807) is 37.4 Å². The Morgan fingerprint density at radius 1 is 0.828 bits per heavy atom. The van der Waals surface area contributed by atoms with Crippen LogP contribution in [0.1, 0.15) is 28.7 Å². The second kappa shape index (κ2) is 11.0. The largest absolute Gasteiger partial charge is 0.508 e. The van der Waals surface area contributed by atoms with Crippen LogP contribution in [0, 0.1) is 20.8 Å². The van der Waals surface area contributed by atoms with Crippen LogP contribution in [0.4, 0.5) is 0 Å². The molecule has 1 aliphatic rings. The number of para-hydroxylation sites is 2. The summed E-state index contributed by atoms with van der Waals surface area (Å²) in [5.74, 6) is 2.54. The van der Waals surface area contributed by atoms with Crippen LogP contribution in [0.5, 0.6) is 23.0 Å². The van der Waals surface area contributed by atoms with Crippen molar-refractivity contribution in [1.29, 1.82) is 0 Å². The van der Waals surface area contributed by atoms with Gasteiger partial charge in [0.1, 0.15) is 23.0 Å². The van der Waals surface area contributed by atoms with Crippen molar-refractivity contribution in [3.8, 4) is 23.0 Å². The summed E-state index contributed by atoms with van der Waals surface area (Å²) in [7, 11) is 1.70. The SMILES string of the molecule is COc1c(C)cccc1C.Cc1c(O)ccc2c1OCCC2.Oc1ccccc1. The number of phenolic OH excluding ortho intramolecular Hbond substituents is 2. The van der Waals surface area contributed by atoms with Crippen molar-refractivity contribution in [2.75, 3.05) is 13.7 Å². The molecule has 0 radical (unpaired) electrons. The highest BCUT2D eigenvalue weighted by Gasteiger charge is 2.14. The van der Waals surface area contributed by atoms with Crippen LogP contribution in [0.25, 0.3) is 0 Å². The van der Waals surface area contributed by atoms with E-state index in [1.165, 1.54) is 16.7 Å². The Kier molecular flexibility index (Phi) is 8.41. The maximum Gasteiger partial charge on any atom is 0.129 e. The third-order valence-electron chi connectivity index (χ3n) is 4.66. The summed E-state index contributed by atoms with van der Waals surface area (Å²) in [4.78, 5) is 0. The molecule has 29 heavy (non-hydrogen) atoms. The molecule has 0 aromatic heterocycles. The Morgan fingerprint density at radius 3 is 2.00 bits per heavy atom. The highest BCUT2D eigenvalue weighted by atomic mass is 16.5. The molecule has 3 aromatic rings. The molecule has 0 unspecified atom stereocenters. The van der Waals surface area contributed by atoms with Gasteiger partial charge in [-0.05, 0) is 68.5 Å². The zero-order chi connectivity index (χ0) is 21.2. The zero-order valence-electron chi connectivity index (χ0n) is 17.6. The second-order valence-corrected chi connectivity index (χ2v) is 6.91. The molecule has 0 spiro atoms. The maximum atomic E-state index is 9.40. The molecule has 0 saturated carbocycles. The van der Waals surface area contributed by atoms with Crippen LogP contribution in [0.2, 0.25) is 0 Å². The third-order valence-corrected chi connectivity index (χ3v) is 4.66. The van der Waals surface area contributed by atoms with Crippen LogP contribution in [0.3, 0.4) is 0 Å². The van der Waals surface area contributed by atoms with Crippen LogP contribution in [0.15, 0.2) is 60.7 Å². The summed E-state index contributed by atoms with van der Waals surface area (Å²) in [6.07, 6.45) is 2.15. The van der Waals surface area contributed by atoms with Crippen molar-refractivity contribution in [3.63, 3.8) is 0 Å². The molecular weight excluding hydrogens is 364 g/mol. The number of benzene rings is 3. The van der Waals surface area contributed by atoms with Gasteiger partial charge in [-0.2, -0.15) is 0 Å². The average molecular weight is 395 g/mol. The molecule has 0 bridgehead atoms. The van der Waals surface area contributed by atoms with E-state index >= 15 is 0 Å². The Bertz CT molecular complexity index is 884. The normalized spacial score (nSPS) is 11.6. The Morgan fingerprint density at radius 2 is 1.48 bits per heavy atom. The minimum absolute atomic E-state index is 0.322. The second-order valence-electron chi connectivity index (χ2n) is 6.91. The maximum absolute atomic E-state index is 9.40. The number of aryl methyl sites for hydroxylation is 3. The van der Waals surface area contributed by atoms with Gasteiger partial charge in [0.05, 0.1) is 13.7 Å². The smallest absolute Gasteiger partial charge is 0.129 e. The Hall–Kier alpha value is -3.14. The molecule has 0 amide bonds. The number of hydrogen-bond acceptors (Lipinski definition) is 4. The first-order valence-electron chi connectivity index (χ1n) is 9.72. The number of aromatic hydroxyl groups is 2. The summed E-state index contributed by atoms with van der Waals surface area (Å²) in [5, 5.41) is 18.0. The van der Waals surface area contributed by atoms with Crippen molar-refractivity contribution >= 4 is 0 Å². The summed E-state index contributed by atoms with van der Waals surface area (Å²) >= 11 is 0. The number of ether oxygens (including phenoxy) is 2. The van der Waals surface area contributed by atoms with Crippen molar-refractivity contribution in [2.24, 2.45) is 0 Å². The lowest BCUT2D eigenvalue weighted by molar-refractivity contribution is 0.284. The van der Waals surface area contributed by atoms with Crippen molar-refractivity contribution in [2.45, 2.75) is 33.6 Å². The molecule has 4 nitrogen and oxygen atoms in total. The van der Waals surface area contributed by atoms with Gasteiger partial charge in [0.25, 0.3) is 0 Å². The van der Waals surface area contributed by atoms with E-state index in [4.69, 9.17) is 14.6 Å². The molecule has 2 N–H and O–H groups in total. The van der Waals surface area contributed by atoms with Crippen LogP contribution in [-0.2, 0) is 6.42 Å². The Labute approximate surface area is 173 Å². The van der Waals surface area contributed by atoms with E-state index in [1.807, 2.05) is 51.1 Å². The molecular formula is C25H30O4. The van der Waals surface area contributed by atoms with Gasteiger partial charge in [-0.1, -0.05) is 42.5 Å². The fourth-order valence-corrected chi connectivity index (χ4v) is 3.12. The van der Waals surface area contributed by atoms with Gasteiger partial charge in [-0.15, -0.1) is 0 Å². The highest BCUT2D eigenvalue weighted by Crippen LogP contribution is 2.33. The first-order valence-corrected chi connectivity index (χ1v) is 9.72. The Balaban J connectivity index is 0.000000161. The molecule has 0 atom stereocenters. The summed E-state index contributed by atoms with van der Waals surface area (Å²) in [5.41, 5.74) is 4.48. The number of hydrogen-bond donors (Lipinski definition) is 2. The standard InChI is InChI=1S/C10H12O2.C9H12O.C6H6O/c1-7-9(11)5-4-8-3-2-6-12-10(7)8;1-7-5-4-6-8(2)9(7)10-3;7-6-4-2-1-3-5-6/h4-5,11H,2-3,6H2,1H3;4-6H,1-3H3;1-5,7H. The number of phenols is 2. The van der Waals surface area contributed by atoms with Gasteiger partial charge in [0.15, 0.2) is 0 Å². The first-order chi connectivity index (χ1) is 13.9. The highest BCUT2D eigenvalue weighted by molar-refractivity contribution is 5.49. The van der Waals surface area contributed by atoms with E-state index < -0.39 is 0 Å². The fourth-order valence-electron chi connectivity index (χ4n) is 3.12. The predicted octanol–water partition coefficient (Wildman–Crippen LogP) is 5.73. The summed E-state index contributed by atoms with van der Waals surface area (Å²) in [6.45, 7) is 6.76. The molecule has 0 saturated heterocycles. The first kappa shape index (κ1) is 22.2. The van der Waals surface area contributed by atoms with E-state index in [9.17, 15) is 5.11 Å².